The molecule has 1 aliphatic carbocycles. The molecule has 0 bridgehead atoms. The summed E-state index contributed by atoms with van der Waals surface area (Å²) >= 11 is 0. The van der Waals surface area contributed by atoms with Crippen molar-refractivity contribution in [3.63, 3.8) is 0 Å². The fourth-order valence-corrected chi connectivity index (χ4v) is 9.66. The molecule has 7 aromatic carbocycles. The van der Waals surface area contributed by atoms with Crippen LogP contribution in [0.3, 0.4) is 0 Å². The SMILES string of the molecule is CC(C)(C)c1ccc(-c2cccc(N(c3cc(-c4cc(-c5cc(C(C)(C)C)cc(C(C)(C)C)c5)cc(C(C)(C)C)c4)cc(C(C)(C)C)c3)c3ccc4c(c3)C(C)(C)c3ccccc3-4)c2)cc1. The third kappa shape index (κ3) is 9.21. The molecule has 1 aliphatic rings. The topological polar surface area (TPSA) is 3.24 Å². The van der Waals surface area contributed by atoms with Gasteiger partial charge in [-0.2, -0.15) is 0 Å². The molecule has 1 heteroatoms. The van der Waals surface area contributed by atoms with Gasteiger partial charge in [0.1, 0.15) is 0 Å². The van der Waals surface area contributed by atoms with Crippen molar-refractivity contribution in [3.8, 4) is 44.5 Å². The predicted octanol–water partition coefficient (Wildman–Crippen LogP) is 19.0. The largest absolute Gasteiger partial charge is 0.310 e. The second-order valence-electron chi connectivity index (χ2n) is 25.0. The molecule has 0 saturated carbocycles. The molecule has 340 valence electrons. The Hall–Kier alpha value is -5.66. The number of nitrogens with zero attached hydrogens (tertiary/aromatic N) is 1. The van der Waals surface area contributed by atoms with Crippen LogP contribution in [0.25, 0.3) is 44.5 Å². The highest BCUT2D eigenvalue weighted by molar-refractivity contribution is 5.88. The second-order valence-corrected chi connectivity index (χ2v) is 25.0. The lowest BCUT2D eigenvalue weighted by molar-refractivity contribution is 0.569. The van der Waals surface area contributed by atoms with Crippen LogP contribution in [-0.4, -0.2) is 0 Å². The van der Waals surface area contributed by atoms with Crippen molar-refractivity contribution < 1.29 is 0 Å². The van der Waals surface area contributed by atoms with Gasteiger partial charge in [0.25, 0.3) is 0 Å². The number of rotatable bonds is 6. The van der Waals surface area contributed by atoms with E-state index in [-0.39, 0.29) is 32.5 Å². The normalized spacial score (nSPS) is 14.0. The van der Waals surface area contributed by atoms with Crippen LogP contribution in [-0.2, 0) is 32.5 Å². The third-order valence-electron chi connectivity index (χ3n) is 14.2. The van der Waals surface area contributed by atoms with Gasteiger partial charge in [0.2, 0.25) is 0 Å². The summed E-state index contributed by atoms with van der Waals surface area (Å²) in [6.45, 7) is 39.7. The van der Waals surface area contributed by atoms with E-state index in [1.807, 2.05) is 0 Å². The van der Waals surface area contributed by atoms with Gasteiger partial charge < -0.3 is 4.90 Å². The highest BCUT2D eigenvalue weighted by atomic mass is 15.1. The first-order chi connectivity index (χ1) is 30.6. The number of hydrogen-bond acceptors (Lipinski definition) is 1. The molecule has 0 unspecified atom stereocenters. The Bertz CT molecular complexity index is 2900. The van der Waals surface area contributed by atoms with Crippen LogP contribution < -0.4 is 4.90 Å². The van der Waals surface area contributed by atoms with Gasteiger partial charge in [0.05, 0.1) is 0 Å². The lowest BCUT2D eigenvalue weighted by Crippen LogP contribution is -2.17. The zero-order chi connectivity index (χ0) is 47.9. The Kier molecular flexibility index (Phi) is 11.6. The molecular formula is C65H75N. The number of fused-ring (bicyclic) bond motifs is 3. The van der Waals surface area contributed by atoms with Crippen LogP contribution in [0.15, 0.2) is 146 Å². The maximum Gasteiger partial charge on any atom is 0.0470 e. The molecular weight excluding hydrogens is 795 g/mol. The van der Waals surface area contributed by atoms with Crippen molar-refractivity contribution in [3.05, 3.63) is 185 Å². The van der Waals surface area contributed by atoms with Gasteiger partial charge in [0.15, 0.2) is 0 Å². The Labute approximate surface area is 399 Å². The molecule has 0 saturated heterocycles. The third-order valence-corrected chi connectivity index (χ3v) is 14.2. The first kappa shape index (κ1) is 46.9. The average molecular weight is 870 g/mol. The maximum atomic E-state index is 2.52. The van der Waals surface area contributed by atoms with Crippen LogP contribution in [0.1, 0.15) is 157 Å². The molecule has 7 aromatic rings. The van der Waals surface area contributed by atoms with E-state index in [2.05, 4.69) is 268 Å². The van der Waals surface area contributed by atoms with Crippen LogP contribution in [0.2, 0.25) is 0 Å². The Morgan fingerprint density at radius 2 is 0.727 bits per heavy atom. The van der Waals surface area contributed by atoms with Gasteiger partial charge in [0, 0.05) is 22.5 Å². The first-order valence-corrected chi connectivity index (χ1v) is 24.3. The van der Waals surface area contributed by atoms with Gasteiger partial charge >= 0.3 is 0 Å². The molecule has 0 atom stereocenters. The molecule has 66 heavy (non-hydrogen) atoms. The van der Waals surface area contributed by atoms with Gasteiger partial charge in [-0.15, -0.1) is 0 Å². The van der Waals surface area contributed by atoms with E-state index in [1.54, 1.807) is 0 Å². The average Bonchev–Trinajstić information content (AvgIpc) is 3.47. The molecule has 0 radical (unpaired) electrons. The summed E-state index contributed by atoms with van der Waals surface area (Å²) < 4.78 is 0. The van der Waals surface area contributed by atoms with E-state index < -0.39 is 0 Å². The first-order valence-electron chi connectivity index (χ1n) is 24.3. The summed E-state index contributed by atoms with van der Waals surface area (Å²) in [6.07, 6.45) is 0. The number of hydrogen-bond donors (Lipinski definition) is 0. The van der Waals surface area contributed by atoms with Crippen LogP contribution in [0.5, 0.6) is 0 Å². The van der Waals surface area contributed by atoms with E-state index in [0.717, 1.165) is 17.1 Å². The molecule has 1 nitrogen and oxygen atoms in total. The summed E-state index contributed by atoms with van der Waals surface area (Å²) in [5.41, 5.74) is 22.8. The van der Waals surface area contributed by atoms with E-state index in [4.69, 9.17) is 0 Å². The van der Waals surface area contributed by atoms with Crippen molar-refractivity contribution in [2.45, 2.75) is 150 Å². The zero-order valence-corrected chi connectivity index (χ0v) is 43.3. The molecule has 0 spiro atoms. The minimum Gasteiger partial charge on any atom is -0.310 e. The zero-order valence-electron chi connectivity index (χ0n) is 43.3. The summed E-state index contributed by atoms with van der Waals surface area (Å²) in [4.78, 5) is 2.52. The smallest absolute Gasteiger partial charge is 0.0470 e. The molecule has 0 aromatic heterocycles. The molecule has 0 fully saturated rings. The monoisotopic (exact) mass is 870 g/mol. The summed E-state index contributed by atoms with van der Waals surface area (Å²) in [5, 5.41) is 0. The van der Waals surface area contributed by atoms with Crippen LogP contribution in [0.4, 0.5) is 17.1 Å². The Morgan fingerprint density at radius 1 is 0.288 bits per heavy atom. The lowest BCUT2D eigenvalue weighted by atomic mass is 9.78. The van der Waals surface area contributed by atoms with E-state index in [1.165, 1.54) is 83.5 Å². The molecule has 0 aliphatic heterocycles. The standard InChI is InChI=1S/C65H75N/c1-60(2,3)48-27-25-42(26-28-48)43-21-20-22-53(37-43)66(54-29-30-57-56-23-18-19-24-58(56)65(16,17)59(57)41-54)55-38-47(36-52(40-55)64(13,14)15)45-31-44(32-49(33-45)61(4,5)6)46-34-50(62(7,8)9)39-51(35-46)63(10,11)12/h18-41H,1-17H3. The molecule has 0 heterocycles. The summed E-state index contributed by atoms with van der Waals surface area (Å²) in [6, 6.07) is 56.5. The van der Waals surface area contributed by atoms with Crippen molar-refractivity contribution in [1.82, 2.24) is 0 Å². The van der Waals surface area contributed by atoms with E-state index in [0.29, 0.717) is 0 Å². The van der Waals surface area contributed by atoms with Crippen molar-refractivity contribution in [2.24, 2.45) is 0 Å². The van der Waals surface area contributed by atoms with Gasteiger partial charge in [-0.3, -0.25) is 0 Å². The summed E-state index contributed by atoms with van der Waals surface area (Å²) in [7, 11) is 0. The number of anilines is 3. The van der Waals surface area contributed by atoms with Crippen LogP contribution in [0, 0.1) is 0 Å². The van der Waals surface area contributed by atoms with Gasteiger partial charge in [-0.1, -0.05) is 221 Å². The quantitative estimate of drug-likeness (QED) is 0.161. The minimum absolute atomic E-state index is 0.0165. The fourth-order valence-electron chi connectivity index (χ4n) is 9.66. The number of benzene rings is 7. The minimum atomic E-state index is -0.135. The highest BCUT2D eigenvalue weighted by Gasteiger charge is 2.36. The molecule has 8 rings (SSSR count). The van der Waals surface area contributed by atoms with E-state index in [9.17, 15) is 0 Å². The highest BCUT2D eigenvalue weighted by Crippen LogP contribution is 2.51. The van der Waals surface area contributed by atoms with E-state index >= 15 is 0 Å². The Balaban J connectivity index is 1.37. The van der Waals surface area contributed by atoms with Crippen molar-refractivity contribution in [2.75, 3.05) is 4.90 Å². The maximum absolute atomic E-state index is 2.52. The van der Waals surface area contributed by atoms with Crippen molar-refractivity contribution >= 4 is 17.1 Å². The second kappa shape index (κ2) is 16.3. The van der Waals surface area contributed by atoms with Gasteiger partial charge in [-0.25, -0.2) is 0 Å². The van der Waals surface area contributed by atoms with Gasteiger partial charge in [-0.05, 0) is 153 Å². The Morgan fingerprint density at radius 3 is 1.27 bits per heavy atom. The molecule has 0 N–H and O–H groups in total. The molecule has 0 amide bonds. The van der Waals surface area contributed by atoms with Crippen molar-refractivity contribution in [1.29, 1.82) is 0 Å². The lowest BCUT2D eigenvalue weighted by Gasteiger charge is -2.31. The van der Waals surface area contributed by atoms with Crippen LogP contribution >= 0.6 is 0 Å². The summed E-state index contributed by atoms with van der Waals surface area (Å²) in [5.74, 6) is 0. The predicted molar refractivity (Wildman–Crippen MR) is 288 cm³/mol. The fraction of sp³-hybridized carbons (Fsp3) is 0.354.